The molecule has 0 saturated heterocycles. The fraction of sp³-hybridized carbons (Fsp3) is 0.467. The smallest absolute Gasteiger partial charge is 0.312 e. The van der Waals surface area contributed by atoms with E-state index in [1.165, 1.54) is 25.3 Å². The number of para-hydroxylation sites is 2. The summed E-state index contributed by atoms with van der Waals surface area (Å²) >= 11 is 0. The normalized spacial score (nSPS) is 11.8. The van der Waals surface area contributed by atoms with Gasteiger partial charge in [0.15, 0.2) is 6.04 Å². The number of likely N-dealkylation sites (N-methyl/N-ethyl adjacent to an activating group) is 1. The number of quaternary nitrogens is 1. The molecular weight excluding hydrogens is 302 g/mol. The minimum Gasteiger partial charge on any atom is -0.469 e. The lowest BCUT2D eigenvalue weighted by molar-refractivity contribution is -0.911. The van der Waals surface area contributed by atoms with Gasteiger partial charge in [0.2, 0.25) is 0 Å². The van der Waals surface area contributed by atoms with Crippen molar-refractivity contribution in [3.05, 3.63) is 34.4 Å². The average Bonchev–Trinajstić information content (AvgIpc) is 2.54. The predicted molar refractivity (Wildman–Crippen MR) is 84.2 cm³/mol. The second-order valence-electron chi connectivity index (χ2n) is 4.96. The van der Waals surface area contributed by atoms with E-state index < -0.39 is 22.8 Å². The number of ether oxygens (including phenoxy) is 1. The first-order valence-electron chi connectivity index (χ1n) is 7.40. The molecule has 1 aromatic rings. The van der Waals surface area contributed by atoms with E-state index in [9.17, 15) is 19.7 Å². The number of carbonyl (C=O) groups is 2. The van der Waals surface area contributed by atoms with Crippen molar-refractivity contribution in [3.8, 4) is 0 Å². The van der Waals surface area contributed by atoms with Crippen LogP contribution in [0.1, 0.15) is 20.3 Å². The van der Waals surface area contributed by atoms with Crippen LogP contribution >= 0.6 is 0 Å². The topological polar surface area (TPSA) is 103 Å². The summed E-state index contributed by atoms with van der Waals surface area (Å²) in [5.41, 5.74) is -0.0730. The Bertz CT molecular complexity index is 572. The Morgan fingerprint density at radius 3 is 2.43 bits per heavy atom. The first-order valence-corrected chi connectivity index (χ1v) is 7.40. The molecule has 1 rings (SSSR count). The zero-order valence-electron chi connectivity index (χ0n) is 13.5. The molecule has 0 heterocycles. The maximum atomic E-state index is 12.5. The maximum absolute atomic E-state index is 12.5. The summed E-state index contributed by atoms with van der Waals surface area (Å²) in [6.45, 7) is 5.09. The van der Waals surface area contributed by atoms with Gasteiger partial charge < -0.3 is 15.0 Å². The third-order valence-corrected chi connectivity index (χ3v) is 3.67. The first-order chi connectivity index (χ1) is 10.9. The zero-order valence-corrected chi connectivity index (χ0v) is 13.5. The van der Waals surface area contributed by atoms with Crippen molar-refractivity contribution in [2.75, 3.05) is 25.5 Å². The fourth-order valence-electron chi connectivity index (χ4n) is 2.37. The van der Waals surface area contributed by atoms with Crippen LogP contribution in [-0.2, 0) is 14.3 Å². The van der Waals surface area contributed by atoms with Crippen molar-refractivity contribution < 1.29 is 24.1 Å². The lowest BCUT2D eigenvalue weighted by atomic mass is 10.1. The first kappa shape index (κ1) is 18.6. The molecule has 0 aromatic heterocycles. The van der Waals surface area contributed by atoms with E-state index in [1.807, 2.05) is 13.8 Å². The van der Waals surface area contributed by atoms with Crippen LogP contribution in [-0.4, -0.2) is 43.0 Å². The van der Waals surface area contributed by atoms with Gasteiger partial charge in [0.25, 0.3) is 11.6 Å². The molecule has 0 radical (unpaired) electrons. The molecule has 0 aliphatic heterocycles. The molecule has 0 saturated carbocycles. The number of nitrogens with zero attached hydrogens (tertiary/aromatic N) is 1. The van der Waals surface area contributed by atoms with Gasteiger partial charge in [-0.2, -0.15) is 0 Å². The van der Waals surface area contributed by atoms with E-state index in [1.54, 1.807) is 6.07 Å². The number of nitrogens with one attached hydrogen (secondary N) is 2. The fourth-order valence-corrected chi connectivity index (χ4v) is 2.37. The number of rotatable bonds is 8. The molecule has 1 atom stereocenters. The van der Waals surface area contributed by atoms with Crippen LogP contribution in [0.15, 0.2) is 24.3 Å². The van der Waals surface area contributed by atoms with Crippen LogP contribution in [0.2, 0.25) is 0 Å². The van der Waals surface area contributed by atoms with E-state index in [2.05, 4.69) is 10.1 Å². The third-order valence-electron chi connectivity index (χ3n) is 3.67. The second-order valence-corrected chi connectivity index (χ2v) is 4.96. The Kier molecular flexibility index (Phi) is 7.14. The number of benzene rings is 1. The monoisotopic (exact) mass is 324 g/mol. The Balaban J connectivity index is 3.01. The van der Waals surface area contributed by atoms with Crippen molar-refractivity contribution in [2.24, 2.45) is 0 Å². The summed E-state index contributed by atoms with van der Waals surface area (Å²) < 4.78 is 4.64. The second kappa shape index (κ2) is 8.84. The molecule has 1 amide bonds. The summed E-state index contributed by atoms with van der Waals surface area (Å²) in [6, 6.07) is 5.23. The number of methoxy groups -OCH3 is 1. The quantitative estimate of drug-likeness (QED) is 0.409. The van der Waals surface area contributed by atoms with Gasteiger partial charge in [0.05, 0.1) is 25.1 Å². The minimum atomic E-state index is -0.669. The minimum absolute atomic E-state index is 0.0834. The molecule has 1 aromatic carbocycles. The lowest BCUT2D eigenvalue weighted by Crippen LogP contribution is -3.16. The zero-order chi connectivity index (χ0) is 17.4. The molecule has 0 spiro atoms. The average molecular weight is 324 g/mol. The van der Waals surface area contributed by atoms with Crippen LogP contribution in [0.25, 0.3) is 0 Å². The summed E-state index contributed by atoms with van der Waals surface area (Å²) in [5.74, 6) is -0.935. The van der Waals surface area contributed by atoms with Gasteiger partial charge in [0.1, 0.15) is 12.1 Å². The molecule has 2 N–H and O–H groups in total. The Morgan fingerprint density at radius 2 is 1.91 bits per heavy atom. The molecule has 23 heavy (non-hydrogen) atoms. The Hall–Kier alpha value is -2.48. The SMILES string of the molecule is CC[NH+](CC)[C@H](CC(=O)OC)C(=O)Nc1ccccc1[N+](=O)[O-]. The summed E-state index contributed by atoms with van der Waals surface area (Å²) in [4.78, 5) is 35.5. The van der Waals surface area contributed by atoms with Crippen LogP contribution in [0, 0.1) is 10.1 Å². The molecule has 126 valence electrons. The van der Waals surface area contributed by atoms with E-state index in [0.717, 1.165) is 4.90 Å². The molecule has 8 heteroatoms. The number of carbonyl (C=O) groups excluding carboxylic acids is 2. The van der Waals surface area contributed by atoms with E-state index in [4.69, 9.17) is 0 Å². The number of nitro groups is 1. The standard InChI is InChI=1S/C15H21N3O5/c1-4-17(5-2)13(10-14(19)23-3)15(20)16-11-8-6-7-9-12(11)18(21)22/h6-9,13H,4-5,10H2,1-3H3,(H,16,20)/p+1/t13-/m1/s1. The van der Waals surface area contributed by atoms with Crippen LogP contribution in [0.4, 0.5) is 11.4 Å². The lowest BCUT2D eigenvalue weighted by Gasteiger charge is -2.24. The van der Waals surface area contributed by atoms with Gasteiger partial charge in [-0.15, -0.1) is 0 Å². The number of nitro benzene ring substituents is 1. The Labute approximate surface area is 134 Å². The highest BCUT2D eigenvalue weighted by atomic mass is 16.6. The molecule has 0 fully saturated rings. The molecular formula is C15H22N3O5+. The van der Waals surface area contributed by atoms with E-state index in [-0.39, 0.29) is 17.8 Å². The highest BCUT2D eigenvalue weighted by Crippen LogP contribution is 2.23. The van der Waals surface area contributed by atoms with Gasteiger partial charge in [-0.25, -0.2) is 0 Å². The highest BCUT2D eigenvalue weighted by molar-refractivity contribution is 5.97. The van der Waals surface area contributed by atoms with Crippen molar-refractivity contribution in [1.82, 2.24) is 0 Å². The molecule has 0 unspecified atom stereocenters. The van der Waals surface area contributed by atoms with Gasteiger partial charge in [-0.3, -0.25) is 19.7 Å². The summed E-state index contributed by atoms with van der Waals surface area (Å²) in [6.07, 6.45) is -0.0834. The van der Waals surface area contributed by atoms with Crippen LogP contribution in [0.5, 0.6) is 0 Å². The predicted octanol–water partition coefficient (Wildman–Crippen LogP) is 0.390. The highest BCUT2D eigenvalue weighted by Gasteiger charge is 2.32. The molecule has 0 aliphatic rings. The van der Waals surface area contributed by atoms with Gasteiger partial charge >= 0.3 is 5.97 Å². The number of hydrogen-bond acceptors (Lipinski definition) is 5. The van der Waals surface area contributed by atoms with Gasteiger partial charge in [-0.1, -0.05) is 12.1 Å². The largest absolute Gasteiger partial charge is 0.469 e. The van der Waals surface area contributed by atoms with Gasteiger partial charge in [-0.05, 0) is 19.9 Å². The Morgan fingerprint density at radius 1 is 1.30 bits per heavy atom. The number of esters is 1. The van der Waals surface area contributed by atoms with Crippen molar-refractivity contribution in [2.45, 2.75) is 26.3 Å². The van der Waals surface area contributed by atoms with Crippen molar-refractivity contribution >= 4 is 23.3 Å². The summed E-state index contributed by atoms with van der Waals surface area (Å²) in [7, 11) is 1.26. The van der Waals surface area contributed by atoms with Crippen LogP contribution < -0.4 is 10.2 Å². The molecule has 0 aliphatic carbocycles. The van der Waals surface area contributed by atoms with Gasteiger partial charge in [0, 0.05) is 6.07 Å². The number of hydrogen-bond donors (Lipinski definition) is 2. The molecule has 8 nitrogen and oxygen atoms in total. The molecule has 0 bridgehead atoms. The summed E-state index contributed by atoms with van der Waals surface area (Å²) in [5, 5.41) is 13.6. The van der Waals surface area contributed by atoms with Crippen LogP contribution in [0.3, 0.4) is 0 Å². The third kappa shape index (κ3) is 5.03. The van der Waals surface area contributed by atoms with E-state index >= 15 is 0 Å². The van der Waals surface area contributed by atoms with Crippen molar-refractivity contribution in [1.29, 1.82) is 0 Å². The maximum Gasteiger partial charge on any atom is 0.312 e. The number of amides is 1. The number of anilines is 1. The van der Waals surface area contributed by atoms with E-state index in [0.29, 0.717) is 13.1 Å². The van der Waals surface area contributed by atoms with Crippen molar-refractivity contribution in [3.63, 3.8) is 0 Å².